The maximum Gasteiger partial charge on any atom is 0.0701 e. The number of hydrogen-bond donors (Lipinski definition) is 1. The van der Waals surface area contributed by atoms with Gasteiger partial charge in [-0.2, -0.15) is 11.8 Å². The molecule has 2 nitrogen and oxygen atoms in total. The van der Waals surface area contributed by atoms with Crippen LogP contribution >= 0.6 is 23.4 Å². The maximum absolute atomic E-state index is 6.52. The zero-order chi connectivity index (χ0) is 14.0. The van der Waals surface area contributed by atoms with Gasteiger partial charge in [0.15, 0.2) is 0 Å². The Balaban J connectivity index is 1.75. The van der Waals surface area contributed by atoms with Gasteiger partial charge in [-0.3, -0.25) is 0 Å². The van der Waals surface area contributed by atoms with Crippen molar-refractivity contribution < 1.29 is 4.74 Å². The fourth-order valence-corrected chi connectivity index (χ4v) is 4.96. The van der Waals surface area contributed by atoms with Crippen molar-refractivity contribution in [3.8, 4) is 0 Å². The van der Waals surface area contributed by atoms with Crippen molar-refractivity contribution in [2.75, 3.05) is 18.1 Å². The fourth-order valence-electron chi connectivity index (χ4n) is 3.46. The van der Waals surface area contributed by atoms with Gasteiger partial charge in [-0.25, -0.2) is 0 Å². The lowest BCUT2D eigenvalue weighted by molar-refractivity contribution is -0.105. The van der Waals surface area contributed by atoms with E-state index in [1.54, 1.807) is 0 Å². The summed E-state index contributed by atoms with van der Waals surface area (Å²) in [5.74, 6) is 2.91. The van der Waals surface area contributed by atoms with E-state index >= 15 is 0 Å². The predicted molar refractivity (Wildman–Crippen MR) is 86.3 cm³/mol. The Morgan fingerprint density at radius 1 is 1.30 bits per heavy atom. The van der Waals surface area contributed by atoms with Crippen LogP contribution < -0.4 is 5.73 Å². The molecule has 0 amide bonds. The van der Waals surface area contributed by atoms with Crippen molar-refractivity contribution in [1.29, 1.82) is 0 Å². The first-order valence-electron chi connectivity index (χ1n) is 7.42. The Morgan fingerprint density at radius 3 is 2.80 bits per heavy atom. The van der Waals surface area contributed by atoms with E-state index in [9.17, 15) is 0 Å². The molecule has 4 heteroatoms. The van der Waals surface area contributed by atoms with Crippen LogP contribution in [-0.2, 0) is 4.74 Å². The summed E-state index contributed by atoms with van der Waals surface area (Å²) in [7, 11) is 0. The molecule has 2 unspecified atom stereocenters. The van der Waals surface area contributed by atoms with Crippen LogP contribution in [0.4, 0.5) is 0 Å². The molecule has 2 aliphatic heterocycles. The first kappa shape index (κ1) is 14.7. The van der Waals surface area contributed by atoms with Crippen molar-refractivity contribution in [2.45, 2.75) is 37.3 Å². The minimum atomic E-state index is 0.0269. The minimum absolute atomic E-state index is 0.0269. The van der Waals surface area contributed by atoms with Crippen LogP contribution in [0.1, 0.15) is 37.3 Å². The molecule has 0 aliphatic carbocycles. The summed E-state index contributed by atoms with van der Waals surface area (Å²) in [6, 6.07) is 8.00. The standard InChI is InChI=1S/C16H22ClNOS/c17-14-4-2-1-3-13(14)15(18)12-5-8-19-16(11-12)6-9-20-10-7-16/h1-4,12,15H,5-11,18H2. The van der Waals surface area contributed by atoms with Crippen LogP contribution in [0.25, 0.3) is 0 Å². The summed E-state index contributed by atoms with van der Waals surface area (Å²) in [6.45, 7) is 0.841. The van der Waals surface area contributed by atoms with Gasteiger partial charge in [0.05, 0.1) is 5.60 Å². The van der Waals surface area contributed by atoms with Gasteiger partial charge in [0.2, 0.25) is 0 Å². The topological polar surface area (TPSA) is 35.2 Å². The first-order valence-corrected chi connectivity index (χ1v) is 8.95. The van der Waals surface area contributed by atoms with Crippen LogP contribution in [0.15, 0.2) is 24.3 Å². The fraction of sp³-hybridized carbons (Fsp3) is 0.625. The minimum Gasteiger partial charge on any atom is -0.375 e. The van der Waals surface area contributed by atoms with Crippen molar-refractivity contribution >= 4 is 23.4 Å². The number of halogens is 1. The molecular weight excluding hydrogens is 290 g/mol. The summed E-state index contributed by atoms with van der Waals surface area (Å²) < 4.78 is 6.15. The Labute approximate surface area is 130 Å². The second-order valence-electron chi connectivity index (χ2n) is 5.94. The van der Waals surface area contributed by atoms with E-state index in [-0.39, 0.29) is 11.6 Å². The van der Waals surface area contributed by atoms with Gasteiger partial charge in [0.1, 0.15) is 0 Å². The summed E-state index contributed by atoms with van der Waals surface area (Å²) >= 11 is 8.34. The molecule has 2 atom stereocenters. The number of hydrogen-bond acceptors (Lipinski definition) is 3. The molecule has 2 aliphatic rings. The van der Waals surface area contributed by atoms with E-state index in [1.807, 2.05) is 30.0 Å². The Kier molecular flexibility index (Phi) is 4.61. The normalized spacial score (nSPS) is 27.4. The molecular formula is C16H22ClNOS. The summed E-state index contributed by atoms with van der Waals surface area (Å²) in [5.41, 5.74) is 7.69. The van der Waals surface area contributed by atoms with Crippen molar-refractivity contribution in [1.82, 2.24) is 0 Å². The average Bonchev–Trinajstić information content (AvgIpc) is 2.48. The smallest absolute Gasteiger partial charge is 0.0701 e. The van der Waals surface area contributed by atoms with Gasteiger partial charge in [-0.15, -0.1) is 0 Å². The van der Waals surface area contributed by atoms with E-state index in [0.29, 0.717) is 5.92 Å². The highest BCUT2D eigenvalue weighted by atomic mass is 35.5. The van der Waals surface area contributed by atoms with Crippen LogP contribution in [0.2, 0.25) is 5.02 Å². The largest absolute Gasteiger partial charge is 0.375 e. The van der Waals surface area contributed by atoms with Crippen LogP contribution in [0, 0.1) is 5.92 Å². The van der Waals surface area contributed by atoms with Gasteiger partial charge in [-0.1, -0.05) is 29.8 Å². The highest BCUT2D eigenvalue weighted by Gasteiger charge is 2.40. The molecule has 2 N–H and O–H groups in total. The summed E-state index contributed by atoms with van der Waals surface area (Å²) in [5, 5.41) is 0.791. The van der Waals surface area contributed by atoms with Crippen molar-refractivity contribution in [3.63, 3.8) is 0 Å². The molecule has 1 aromatic carbocycles. The number of rotatable bonds is 2. The van der Waals surface area contributed by atoms with Crippen molar-refractivity contribution in [2.24, 2.45) is 11.7 Å². The van der Waals surface area contributed by atoms with Gasteiger partial charge < -0.3 is 10.5 Å². The summed E-state index contributed by atoms with van der Waals surface area (Å²) in [4.78, 5) is 0. The Morgan fingerprint density at radius 2 is 2.05 bits per heavy atom. The highest BCUT2D eigenvalue weighted by molar-refractivity contribution is 7.99. The van der Waals surface area contributed by atoms with Gasteiger partial charge in [0.25, 0.3) is 0 Å². The third-order valence-electron chi connectivity index (χ3n) is 4.71. The van der Waals surface area contributed by atoms with E-state index in [1.165, 1.54) is 24.3 Å². The Hall–Kier alpha value is -0.220. The SMILES string of the molecule is NC(c1ccccc1Cl)C1CCOC2(CCSCC2)C1. The third-order valence-corrected chi connectivity index (χ3v) is 6.04. The van der Waals surface area contributed by atoms with Gasteiger partial charge in [0, 0.05) is 17.7 Å². The van der Waals surface area contributed by atoms with E-state index in [2.05, 4.69) is 6.07 Å². The second kappa shape index (κ2) is 6.27. The predicted octanol–water partition coefficient (Wildman–Crippen LogP) is 4.03. The molecule has 2 heterocycles. The lowest BCUT2D eigenvalue weighted by Crippen LogP contribution is -2.45. The molecule has 0 bridgehead atoms. The zero-order valence-corrected chi connectivity index (χ0v) is 13.3. The molecule has 110 valence electrons. The quantitative estimate of drug-likeness (QED) is 0.895. The number of ether oxygens (including phenoxy) is 1. The number of nitrogens with two attached hydrogens (primary N) is 1. The van der Waals surface area contributed by atoms with E-state index in [0.717, 1.165) is 30.0 Å². The molecule has 2 fully saturated rings. The second-order valence-corrected chi connectivity index (χ2v) is 7.58. The highest BCUT2D eigenvalue weighted by Crippen LogP contribution is 2.43. The molecule has 2 saturated heterocycles. The van der Waals surface area contributed by atoms with Gasteiger partial charge in [-0.05, 0) is 54.7 Å². The van der Waals surface area contributed by atoms with Gasteiger partial charge >= 0.3 is 0 Å². The molecule has 0 aromatic heterocycles. The third kappa shape index (κ3) is 3.01. The molecule has 0 radical (unpaired) electrons. The molecule has 1 spiro atoms. The zero-order valence-electron chi connectivity index (χ0n) is 11.7. The Bertz CT molecular complexity index is 456. The van der Waals surface area contributed by atoms with Crippen LogP contribution in [0.5, 0.6) is 0 Å². The molecule has 3 rings (SSSR count). The number of benzene rings is 1. The lowest BCUT2D eigenvalue weighted by atomic mass is 9.77. The first-order chi connectivity index (χ1) is 9.70. The van der Waals surface area contributed by atoms with Crippen LogP contribution in [-0.4, -0.2) is 23.7 Å². The lowest BCUT2D eigenvalue weighted by Gasteiger charge is -2.45. The monoisotopic (exact) mass is 311 g/mol. The summed E-state index contributed by atoms with van der Waals surface area (Å²) in [6.07, 6.45) is 4.47. The van der Waals surface area contributed by atoms with Crippen molar-refractivity contribution in [3.05, 3.63) is 34.9 Å². The number of thioether (sulfide) groups is 1. The molecule has 1 aromatic rings. The molecule has 20 heavy (non-hydrogen) atoms. The maximum atomic E-state index is 6.52. The van der Waals surface area contributed by atoms with E-state index < -0.39 is 0 Å². The molecule has 0 saturated carbocycles. The van der Waals surface area contributed by atoms with E-state index in [4.69, 9.17) is 22.1 Å². The average molecular weight is 312 g/mol. The van der Waals surface area contributed by atoms with Crippen LogP contribution in [0.3, 0.4) is 0 Å².